The molecule has 2 aromatic carbocycles. The number of nitrogens with one attached hydrogen (secondary N) is 2. The zero-order chi connectivity index (χ0) is 29.8. The number of amides is 3. The van der Waals surface area contributed by atoms with Crippen molar-refractivity contribution in [3.63, 3.8) is 0 Å². The van der Waals surface area contributed by atoms with Crippen molar-refractivity contribution in [3.8, 4) is 0 Å². The van der Waals surface area contributed by atoms with Crippen molar-refractivity contribution in [3.05, 3.63) is 75.5 Å². The number of anilines is 2. The van der Waals surface area contributed by atoms with Crippen LogP contribution in [0.15, 0.2) is 42.5 Å². The third-order valence-electron chi connectivity index (χ3n) is 8.30. The van der Waals surface area contributed by atoms with Gasteiger partial charge in [-0.25, -0.2) is 4.39 Å². The number of halogens is 1. The molecule has 3 amide bonds. The molecule has 0 saturated heterocycles. The van der Waals surface area contributed by atoms with E-state index in [0.29, 0.717) is 11.3 Å². The monoisotopic (exact) mass is 591 g/mol. The molecule has 1 aromatic heterocycles. The molecule has 2 saturated carbocycles. The van der Waals surface area contributed by atoms with Gasteiger partial charge in [-0.2, -0.15) is 4.37 Å². The summed E-state index contributed by atoms with van der Waals surface area (Å²) in [5.41, 5.74) is 9.20. The van der Waals surface area contributed by atoms with Crippen molar-refractivity contribution in [2.45, 2.75) is 89.8 Å². The van der Waals surface area contributed by atoms with E-state index in [1.54, 1.807) is 6.07 Å². The molecule has 42 heavy (non-hydrogen) atoms. The molecule has 0 spiro atoms. The van der Waals surface area contributed by atoms with E-state index in [1.807, 2.05) is 26.0 Å². The zero-order valence-electron chi connectivity index (χ0n) is 24.1. The zero-order valence-corrected chi connectivity index (χ0v) is 24.9. The number of benzene rings is 2. The van der Waals surface area contributed by atoms with Crippen LogP contribution >= 0.6 is 11.5 Å². The van der Waals surface area contributed by atoms with Crippen LogP contribution in [0.5, 0.6) is 0 Å². The molecule has 222 valence electrons. The lowest BCUT2D eigenvalue weighted by Gasteiger charge is -2.33. The number of hydrogen-bond acceptors (Lipinski definition) is 6. The quantitative estimate of drug-likeness (QED) is 0.298. The summed E-state index contributed by atoms with van der Waals surface area (Å²) >= 11 is 0.848. The highest BCUT2D eigenvalue weighted by Crippen LogP contribution is 2.36. The second kappa shape index (κ2) is 13.0. The van der Waals surface area contributed by atoms with Gasteiger partial charge in [0.2, 0.25) is 5.91 Å². The van der Waals surface area contributed by atoms with Crippen molar-refractivity contribution in [1.29, 1.82) is 0 Å². The average molecular weight is 592 g/mol. The SMILES string of the molecule is Cc1ccc(N(C(=O)c2snc(C(=O)NC3CCCCC3)c2N)[C@H](C(=O)NC2CCCC2)c2ccc(F)cc2)c(C)c1. The van der Waals surface area contributed by atoms with E-state index in [-0.39, 0.29) is 34.2 Å². The van der Waals surface area contributed by atoms with Crippen molar-refractivity contribution in [2.24, 2.45) is 0 Å². The van der Waals surface area contributed by atoms with Gasteiger partial charge in [0.15, 0.2) is 5.69 Å². The summed E-state index contributed by atoms with van der Waals surface area (Å²) in [6.45, 7) is 3.82. The summed E-state index contributed by atoms with van der Waals surface area (Å²) in [6, 6.07) is 10.2. The van der Waals surface area contributed by atoms with Crippen LogP contribution in [0, 0.1) is 19.7 Å². The predicted octanol–water partition coefficient (Wildman–Crippen LogP) is 5.99. The Bertz CT molecular complexity index is 1440. The number of nitrogens with two attached hydrogens (primary N) is 1. The highest BCUT2D eigenvalue weighted by molar-refractivity contribution is 7.09. The summed E-state index contributed by atoms with van der Waals surface area (Å²) < 4.78 is 18.3. The van der Waals surface area contributed by atoms with E-state index >= 15 is 0 Å². The maximum atomic E-state index is 14.5. The first kappa shape index (κ1) is 29.7. The Morgan fingerprint density at radius 1 is 0.929 bits per heavy atom. The Morgan fingerprint density at radius 3 is 2.19 bits per heavy atom. The number of carbonyl (C=O) groups is 3. The normalized spacial score (nSPS) is 16.6. The van der Waals surface area contributed by atoms with Crippen LogP contribution in [0.3, 0.4) is 0 Å². The van der Waals surface area contributed by atoms with E-state index in [9.17, 15) is 18.8 Å². The summed E-state index contributed by atoms with van der Waals surface area (Å²) in [5.74, 6) is -1.76. The van der Waals surface area contributed by atoms with Crippen molar-refractivity contribution < 1.29 is 18.8 Å². The summed E-state index contributed by atoms with van der Waals surface area (Å²) in [4.78, 5) is 43.1. The van der Waals surface area contributed by atoms with Gasteiger partial charge in [0, 0.05) is 17.8 Å². The largest absolute Gasteiger partial charge is 0.395 e. The molecule has 1 heterocycles. The lowest BCUT2D eigenvalue weighted by atomic mass is 9.95. The number of carbonyl (C=O) groups excluding carboxylic acids is 3. The fourth-order valence-electron chi connectivity index (χ4n) is 6.08. The molecule has 8 nitrogen and oxygen atoms in total. The number of hydrogen-bond donors (Lipinski definition) is 3. The van der Waals surface area contributed by atoms with Gasteiger partial charge in [0.1, 0.15) is 16.7 Å². The Morgan fingerprint density at radius 2 is 1.55 bits per heavy atom. The fraction of sp³-hybridized carbons (Fsp3) is 0.438. The smallest absolute Gasteiger partial charge is 0.273 e. The molecule has 2 fully saturated rings. The van der Waals surface area contributed by atoms with Crippen LogP contribution in [0.4, 0.5) is 15.8 Å². The molecule has 10 heteroatoms. The molecule has 0 aliphatic heterocycles. The van der Waals surface area contributed by atoms with Gasteiger partial charge in [0.05, 0.1) is 5.69 Å². The number of aryl methyl sites for hydroxylation is 2. The minimum Gasteiger partial charge on any atom is -0.395 e. The molecule has 3 aromatic rings. The van der Waals surface area contributed by atoms with E-state index in [1.165, 1.54) is 29.2 Å². The first-order valence-electron chi connectivity index (χ1n) is 14.8. The predicted molar refractivity (Wildman–Crippen MR) is 163 cm³/mol. The minimum atomic E-state index is -1.11. The summed E-state index contributed by atoms with van der Waals surface area (Å²) in [7, 11) is 0. The second-order valence-electron chi connectivity index (χ2n) is 11.5. The lowest BCUT2D eigenvalue weighted by molar-refractivity contribution is -0.123. The van der Waals surface area contributed by atoms with Gasteiger partial charge in [0.25, 0.3) is 11.8 Å². The molecule has 1 atom stereocenters. The van der Waals surface area contributed by atoms with Crippen molar-refractivity contribution >= 4 is 40.6 Å². The molecule has 2 aliphatic rings. The number of rotatable bonds is 8. The molecule has 0 radical (unpaired) electrons. The highest BCUT2D eigenvalue weighted by atomic mass is 32.1. The Labute approximate surface area is 250 Å². The van der Waals surface area contributed by atoms with Gasteiger partial charge in [-0.05, 0) is 80.4 Å². The number of nitrogens with zero attached hydrogens (tertiary/aromatic N) is 2. The molecule has 5 rings (SSSR count). The van der Waals surface area contributed by atoms with Gasteiger partial charge in [-0.1, -0.05) is 61.9 Å². The van der Waals surface area contributed by atoms with Crippen molar-refractivity contribution in [1.82, 2.24) is 15.0 Å². The van der Waals surface area contributed by atoms with Crippen molar-refractivity contribution in [2.75, 3.05) is 10.6 Å². The first-order valence-corrected chi connectivity index (χ1v) is 15.5. The van der Waals surface area contributed by atoms with Crippen LogP contribution in [-0.2, 0) is 4.79 Å². The van der Waals surface area contributed by atoms with Crippen LogP contribution in [0.2, 0.25) is 0 Å². The second-order valence-corrected chi connectivity index (χ2v) is 12.3. The van der Waals surface area contributed by atoms with Gasteiger partial charge >= 0.3 is 0 Å². The summed E-state index contributed by atoms with van der Waals surface area (Å²) in [6.07, 6.45) is 8.83. The number of aromatic nitrogens is 1. The van der Waals surface area contributed by atoms with Crippen LogP contribution in [0.25, 0.3) is 0 Å². The number of nitrogen functional groups attached to an aromatic ring is 1. The highest BCUT2D eigenvalue weighted by Gasteiger charge is 2.38. The van der Waals surface area contributed by atoms with E-state index < -0.39 is 23.7 Å². The van der Waals surface area contributed by atoms with Crippen LogP contribution in [-0.4, -0.2) is 34.2 Å². The van der Waals surface area contributed by atoms with E-state index in [2.05, 4.69) is 15.0 Å². The third-order valence-corrected chi connectivity index (χ3v) is 9.15. The standard InChI is InChI=1S/C32H38FN5O3S/c1-19-12-17-25(20(2)18-19)38(28(21-13-15-22(33)16-14-21)31(40)36-24-10-6-7-11-24)32(41)29-26(34)27(37-42-29)30(39)35-23-8-4-3-5-9-23/h12-18,23-24,28H,3-11,34H2,1-2H3,(H,35,39)(H,36,40)/t28-/m0/s1. The molecule has 4 N–H and O–H groups in total. The Kier molecular flexibility index (Phi) is 9.21. The lowest BCUT2D eigenvalue weighted by Crippen LogP contribution is -2.46. The fourth-order valence-corrected chi connectivity index (χ4v) is 6.82. The topological polar surface area (TPSA) is 117 Å². The molecular formula is C32H38FN5O3S. The molecule has 0 bridgehead atoms. The minimum absolute atomic E-state index is 0.0000693. The van der Waals surface area contributed by atoms with Gasteiger partial charge in [-0.15, -0.1) is 0 Å². The van der Waals surface area contributed by atoms with E-state index in [4.69, 9.17) is 5.73 Å². The third kappa shape index (κ3) is 6.48. The maximum absolute atomic E-state index is 14.5. The molecule has 0 unspecified atom stereocenters. The maximum Gasteiger partial charge on any atom is 0.273 e. The van der Waals surface area contributed by atoms with Crippen LogP contribution < -0.4 is 21.3 Å². The van der Waals surface area contributed by atoms with E-state index in [0.717, 1.165) is 80.4 Å². The first-order chi connectivity index (χ1) is 20.2. The summed E-state index contributed by atoms with van der Waals surface area (Å²) in [5, 5.41) is 6.15. The molecular weight excluding hydrogens is 553 g/mol. The Balaban J connectivity index is 1.55. The van der Waals surface area contributed by atoms with Gasteiger partial charge < -0.3 is 16.4 Å². The van der Waals surface area contributed by atoms with Gasteiger partial charge in [-0.3, -0.25) is 19.3 Å². The average Bonchev–Trinajstić information content (AvgIpc) is 3.62. The Hall–Kier alpha value is -3.79. The molecule has 2 aliphatic carbocycles. The van der Waals surface area contributed by atoms with Crippen LogP contribution in [0.1, 0.15) is 101 Å².